The largest absolute Gasteiger partial charge is 0.481 e. The van der Waals surface area contributed by atoms with Crippen LogP contribution in [0.15, 0.2) is 21.3 Å². The van der Waals surface area contributed by atoms with Crippen LogP contribution in [0.2, 0.25) is 5.02 Å². The minimum atomic E-state index is -1.21. The molecule has 0 amide bonds. The molecule has 1 heterocycles. The summed E-state index contributed by atoms with van der Waals surface area (Å²) < 4.78 is 6.30. The summed E-state index contributed by atoms with van der Waals surface area (Å²) in [6.07, 6.45) is -0.139. The van der Waals surface area contributed by atoms with Gasteiger partial charge in [-0.05, 0) is 24.6 Å². The lowest BCUT2D eigenvalue weighted by Gasteiger charge is -2.20. The first kappa shape index (κ1) is 21.1. The first-order chi connectivity index (χ1) is 11.7. The summed E-state index contributed by atoms with van der Waals surface area (Å²) >= 11 is 5.96. The summed E-state index contributed by atoms with van der Waals surface area (Å²) in [5.41, 5.74) is 5.68. The Morgan fingerprint density at radius 3 is 2.28 bits per heavy atom. The number of rotatable bonds is 6. The van der Waals surface area contributed by atoms with Gasteiger partial charge in [0.1, 0.15) is 0 Å². The first-order valence-electron chi connectivity index (χ1n) is 7.30. The maximum Gasteiger partial charge on any atom is 0.419 e. The molecule has 1 aromatic heterocycles. The van der Waals surface area contributed by atoms with Gasteiger partial charge in [0.25, 0.3) is 0 Å². The van der Waals surface area contributed by atoms with Crippen LogP contribution in [0.1, 0.15) is 12.0 Å². The number of oxazole rings is 1. The lowest BCUT2D eigenvalue weighted by molar-refractivity contribution is -0.137. The quantitative estimate of drug-likeness (QED) is 0.459. The number of aliphatic carboxylic acids is 1. The smallest absolute Gasteiger partial charge is 0.419 e. The third-order valence-electron chi connectivity index (χ3n) is 3.44. The predicted octanol–water partition coefficient (Wildman–Crippen LogP) is -0.308. The normalized spacial score (nSPS) is 11.3. The number of aliphatic hydroxyl groups is 3. The van der Waals surface area contributed by atoms with Gasteiger partial charge in [0, 0.05) is 11.6 Å². The maximum atomic E-state index is 11.5. The molecule has 25 heavy (non-hydrogen) atoms. The lowest BCUT2D eigenvalue weighted by Crippen LogP contribution is -2.50. The lowest BCUT2D eigenvalue weighted by atomic mass is 10.1. The highest BCUT2D eigenvalue weighted by atomic mass is 35.5. The number of carbonyl (C=O) groups is 1. The van der Waals surface area contributed by atoms with Crippen LogP contribution in [0, 0.1) is 6.92 Å². The average Bonchev–Trinajstić information content (AvgIpc) is 2.87. The first-order valence-corrected chi connectivity index (χ1v) is 7.68. The number of aryl methyl sites for hydroxylation is 2. The van der Waals surface area contributed by atoms with E-state index in [0.29, 0.717) is 16.1 Å². The van der Waals surface area contributed by atoms with Crippen molar-refractivity contribution >= 4 is 28.7 Å². The van der Waals surface area contributed by atoms with Gasteiger partial charge in [0.2, 0.25) is 0 Å². The molecule has 2 rings (SSSR count). The summed E-state index contributed by atoms with van der Waals surface area (Å²) in [7, 11) is 0. The highest BCUT2D eigenvalue weighted by molar-refractivity contribution is 6.32. The highest BCUT2D eigenvalue weighted by Gasteiger charge is 2.20. The van der Waals surface area contributed by atoms with Crippen LogP contribution in [0.5, 0.6) is 0 Å². The summed E-state index contributed by atoms with van der Waals surface area (Å²) in [5, 5.41) is 34.1. The number of fused-ring (bicyclic) bond motifs is 1. The Morgan fingerprint density at radius 1 is 1.28 bits per heavy atom. The van der Waals surface area contributed by atoms with E-state index in [0.717, 1.165) is 5.56 Å². The molecule has 140 valence electrons. The molecular weight excluding hydrogens is 356 g/mol. The molecule has 0 aliphatic rings. The number of carboxylic acids is 1. The van der Waals surface area contributed by atoms with Crippen LogP contribution in [-0.4, -0.2) is 56.3 Å². The van der Waals surface area contributed by atoms with Crippen molar-refractivity contribution in [2.45, 2.75) is 25.4 Å². The van der Waals surface area contributed by atoms with E-state index in [-0.39, 0.29) is 13.0 Å². The average molecular weight is 377 g/mol. The summed E-state index contributed by atoms with van der Waals surface area (Å²) in [6, 6.07) is 3.27. The zero-order valence-electron chi connectivity index (χ0n) is 13.6. The number of hydrogen-bond acceptors (Lipinski definition) is 7. The van der Waals surface area contributed by atoms with Gasteiger partial charge in [-0.3, -0.25) is 9.36 Å². The number of aliphatic hydroxyl groups excluding tert-OH is 3. The molecule has 0 aliphatic heterocycles. The molecule has 0 fully saturated rings. The van der Waals surface area contributed by atoms with Gasteiger partial charge in [-0.1, -0.05) is 11.6 Å². The maximum absolute atomic E-state index is 11.5. The van der Waals surface area contributed by atoms with Crippen LogP contribution in [0.3, 0.4) is 0 Å². The van der Waals surface area contributed by atoms with E-state index in [2.05, 4.69) is 0 Å². The monoisotopic (exact) mass is 376 g/mol. The van der Waals surface area contributed by atoms with Crippen LogP contribution in [0.4, 0.5) is 0 Å². The van der Waals surface area contributed by atoms with E-state index in [1.165, 1.54) is 4.57 Å². The molecule has 6 N–H and O–H groups in total. The van der Waals surface area contributed by atoms with E-state index in [1.807, 2.05) is 0 Å². The Labute approximate surface area is 147 Å². The molecule has 0 atom stereocenters. The van der Waals surface area contributed by atoms with Gasteiger partial charge in [0.15, 0.2) is 5.58 Å². The summed E-state index contributed by atoms with van der Waals surface area (Å²) in [4.78, 5) is 22.0. The Morgan fingerprint density at radius 2 is 1.84 bits per heavy atom. The van der Waals surface area contributed by atoms with Gasteiger partial charge >= 0.3 is 11.7 Å². The number of carboxylic acid groups (broad SMARTS) is 1. The summed E-state index contributed by atoms with van der Waals surface area (Å²) in [6.45, 7) is 0.664. The van der Waals surface area contributed by atoms with E-state index < -0.39 is 37.1 Å². The molecule has 9 nitrogen and oxygen atoms in total. The molecule has 0 radical (unpaired) electrons. The van der Waals surface area contributed by atoms with Crippen LogP contribution >= 0.6 is 11.6 Å². The molecule has 0 spiro atoms. The van der Waals surface area contributed by atoms with E-state index in [9.17, 15) is 9.59 Å². The minimum absolute atomic E-state index is 0.0700. The van der Waals surface area contributed by atoms with Gasteiger partial charge in [-0.25, -0.2) is 4.79 Å². The Kier molecular flexibility index (Phi) is 7.59. The molecule has 10 heteroatoms. The van der Waals surface area contributed by atoms with E-state index in [1.54, 1.807) is 19.1 Å². The molecule has 2 aromatic rings. The fraction of sp³-hybridized carbons (Fsp3) is 0.467. The Bertz CT molecular complexity index is 772. The highest BCUT2D eigenvalue weighted by Crippen LogP contribution is 2.22. The number of nitrogens with zero attached hydrogens (tertiary/aromatic N) is 1. The van der Waals surface area contributed by atoms with Crippen molar-refractivity contribution in [3.05, 3.63) is 33.3 Å². The third kappa shape index (κ3) is 5.55. The third-order valence-corrected chi connectivity index (χ3v) is 3.85. The van der Waals surface area contributed by atoms with Crippen molar-refractivity contribution < 1.29 is 29.6 Å². The van der Waals surface area contributed by atoms with Gasteiger partial charge < -0.3 is 30.6 Å². The number of benzene rings is 1. The van der Waals surface area contributed by atoms with E-state index >= 15 is 0 Å². The van der Waals surface area contributed by atoms with Crippen molar-refractivity contribution in [1.82, 2.24) is 4.57 Å². The second-order valence-electron chi connectivity index (χ2n) is 5.57. The topological polar surface area (TPSA) is 159 Å². The van der Waals surface area contributed by atoms with E-state index in [4.69, 9.17) is 42.2 Å². The molecular formula is C15H21ClN2O7. The number of aromatic nitrogens is 1. The minimum Gasteiger partial charge on any atom is -0.481 e. The fourth-order valence-electron chi connectivity index (χ4n) is 1.75. The van der Waals surface area contributed by atoms with Crippen molar-refractivity contribution in [1.29, 1.82) is 0 Å². The molecule has 0 saturated heterocycles. The Balaban J connectivity index is 0.000000333. The molecule has 1 aromatic carbocycles. The van der Waals surface area contributed by atoms with Gasteiger partial charge in [-0.2, -0.15) is 0 Å². The SMILES string of the molecule is Cc1cc2oc(=O)n(CCC(=O)O)c2cc1Cl.NC(CO)(CO)CO. The van der Waals surface area contributed by atoms with Crippen LogP contribution in [0.25, 0.3) is 11.1 Å². The van der Waals surface area contributed by atoms with Crippen molar-refractivity contribution in [3.63, 3.8) is 0 Å². The van der Waals surface area contributed by atoms with Crippen molar-refractivity contribution in [3.8, 4) is 0 Å². The zero-order chi connectivity index (χ0) is 19.2. The van der Waals surface area contributed by atoms with Crippen molar-refractivity contribution in [2.75, 3.05) is 19.8 Å². The van der Waals surface area contributed by atoms with Crippen molar-refractivity contribution in [2.24, 2.45) is 5.73 Å². The molecule has 0 bridgehead atoms. The second-order valence-corrected chi connectivity index (χ2v) is 5.98. The Hall–Kier alpha value is -1.91. The zero-order valence-corrected chi connectivity index (χ0v) is 14.4. The van der Waals surface area contributed by atoms with Crippen LogP contribution < -0.4 is 11.5 Å². The molecule has 0 unspecified atom stereocenters. The summed E-state index contributed by atoms with van der Waals surface area (Å²) in [5.74, 6) is -1.53. The molecule has 0 saturated carbocycles. The predicted molar refractivity (Wildman–Crippen MR) is 90.6 cm³/mol. The number of hydrogen-bond donors (Lipinski definition) is 5. The number of nitrogens with two attached hydrogens (primary N) is 1. The van der Waals surface area contributed by atoms with Gasteiger partial charge in [0.05, 0.1) is 37.3 Å². The number of halogens is 1. The fourth-order valence-corrected chi connectivity index (χ4v) is 1.91. The van der Waals surface area contributed by atoms with Crippen LogP contribution in [-0.2, 0) is 11.3 Å². The standard InChI is InChI=1S/C11H10ClNO4.C4H11NO3/c1-6-4-9-8(5-7(6)12)13(11(16)17-9)3-2-10(14)15;5-4(1-6,2-7)3-8/h4-5H,2-3H2,1H3,(H,14,15);6-8H,1-3,5H2. The second kappa shape index (κ2) is 8.97. The van der Waals surface area contributed by atoms with Gasteiger partial charge in [-0.15, -0.1) is 0 Å². The molecule has 0 aliphatic carbocycles.